The molecule has 0 aliphatic carbocycles. The quantitative estimate of drug-likeness (QED) is 0.368. The number of nitriles is 2. The third kappa shape index (κ3) is 4.91. The lowest BCUT2D eigenvalue weighted by molar-refractivity contribution is -0.138. The van der Waals surface area contributed by atoms with Crippen molar-refractivity contribution in [3.05, 3.63) is 58.7 Å². The summed E-state index contributed by atoms with van der Waals surface area (Å²) in [4.78, 5) is 11.9. The molecule has 2 aromatic carbocycles. The normalized spacial score (nSPS) is 11.8. The summed E-state index contributed by atoms with van der Waals surface area (Å²) in [5.41, 5.74) is -4.16. The van der Waals surface area contributed by atoms with Crippen molar-refractivity contribution >= 4 is 17.3 Å². The van der Waals surface area contributed by atoms with Crippen molar-refractivity contribution in [2.75, 3.05) is 5.01 Å². The number of amides is 1. The van der Waals surface area contributed by atoms with E-state index in [1.165, 1.54) is 0 Å². The van der Waals surface area contributed by atoms with Crippen LogP contribution < -0.4 is 5.01 Å². The van der Waals surface area contributed by atoms with Crippen molar-refractivity contribution in [2.45, 2.75) is 19.3 Å². The average Bonchev–Trinajstić information content (AvgIpc) is 2.66. The van der Waals surface area contributed by atoms with Crippen molar-refractivity contribution in [1.29, 1.82) is 10.5 Å². The first-order chi connectivity index (χ1) is 13.9. The summed E-state index contributed by atoms with van der Waals surface area (Å²) in [5.74, 6) is -0.972. The first-order valence-corrected chi connectivity index (χ1v) is 7.83. The highest BCUT2D eigenvalue weighted by Crippen LogP contribution is 2.35. The Morgan fingerprint density at radius 2 is 1.40 bits per heavy atom. The number of hydrogen-bond acceptors (Lipinski definition) is 5. The summed E-state index contributed by atoms with van der Waals surface area (Å²) in [6.07, 6.45) is -9.55. The van der Waals surface area contributed by atoms with Gasteiger partial charge in [0, 0.05) is 6.92 Å². The molecule has 0 heterocycles. The van der Waals surface area contributed by atoms with Gasteiger partial charge in [-0.1, -0.05) is 5.22 Å². The van der Waals surface area contributed by atoms with Gasteiger partial charge in [0.1, 0.15) is 17.8 Å². The molecule has 0 spiro atoms. The van der Waals surface area contributed by atoms with Gasteiger partial charge in [0.25, 0.3) is 0 Å². The van der Waals surface area contributed by atoms with E-state index in [1.807, 2.05) is 0 Å². The topological polar surface area (TPSA) is 92.6 Å². The van der Waals surface area contributed by atoms with E-state index in [2.05, 4.69) is 10.3 Å². The largest absolute Gasteiger partial charge is 0.416 e. The van der Waals surface area contributed by atoms with Gasteiger partial charge >= 0.3 is 12.4 Å². The SMILES string of the molecule is CC(=O)N(/N=N/c1cc(C(F)(F)F)ccc1C#N)c1cc(C(F)(F)F)ccc1C#N. The molecule has 0 aliphatic heterocycles. The lowest BCUT2D eigenvalue weighted by atomic mass is 10.1. The van der Waals surface area contributed by atoms with Crippen LogP contribution in [0, 0.1) is 22.7 Å². The molecule has 0 aromatic heterocycles. The molecule has 0 saturated carbocycles. The molecule has 6 nitrogen and oxygen atoms in total. The van der Waals surface area contributed by atoms with E-state index in [4.69, 9.17) is 10.5 Å². The van der Waals surface area contributed by atoms with Crippen LogP contribution in [0.1, 0.15) is 29.2 Å². The first kappa shape index (κ1) is 22.4. The van der Waals surface area contributed by atoms with Gasteiger partial charge in [-0.2, -0.15) is 41.9 Å². The molecule has 154 valence electrons. The lowest BCUT2D eigenvalue weighted by Crippen LogP contribution is -2.23. The van der Waals surface area contributed by atoms with E-state index in [1.54, 1.807) is 12.1 Å². The summed E-state index contributed by atoms with van der Waals surface area (Å²) in [5, 5.41) is 25.3. The Morgan fingerprint density at radius 3 is 1.87 bits per heavy atom. The van der Waals surface area contributed by atoms with Crippen LogP contribution in [0.3, 0.4) is 0 Å². The summed E-state index contributed by atoms with van der Waals surface area (Å²) < 4.78 is 77.6. The van der Waals surface area contributed by atoms with Crippen molar-refractivity contribution in [3.63, 3.8) is 0 Å². The third-order valence-electron chi connectivity index (χ3n) is 3.66. The first-order valence-electron chi connectivity index (χ1n) is 7.83. The highest BCUT2D eigenvalue weighted by molar-refractivity contribution is 5.92. The lowest BCUT2D eigenvalue weighted by Gasteiger charge is -2.17. The van der Waals surface area contributed by atoms with Gasteiger partial charge in [0.15, 0.2) is 0 Å². The van der Waals surface area contributed by atoms with Crippen molar-refractivity contribution in [3.8, 4) is 12.1 Å². The zero-order valence-electron chi connectivity index (χ0n) is 14.9. The number of carbonyl (C=O) groups is 1. The molecule has 2 rings (SSSR count). The second-order valence-electron chi connectivity index (χ2n) is 5.70. The maximum atomic E-state index is 13.0. The fourth-order valence-corrected chi connectivity index (χ4v) is 2.24. The summed E-state index contributed by atoms with van der Waals surface area (Å²) in [6.45, 7) is 0.901. The van der Waals surface area contributed by atoms with E-state index < -0.39 is 40.8 Å². The Kier molecular flexibility index (Phi) is 6.12. The number of rotatable bonds is 3. The Balaban J connectivity index is 2.60. The van der Waals surface area contributed by atoms with Crippen molar-refractivity contribution in [2.24, 2.45) is 10.3 Å². The van der Waals surface area contributed by atoms with Crippen LogP contribution in [0.5, 0.6) is 0 Å². The number of anilines is 1. The molecule has 1 amide bonds. The maximum absolute atomic E-state index is 13.0. The average molecular weight is 425 g/mol. The van der Waals surface area contributed by atoms with Crippen molar-refractivity contribution in [1.82, 2.24) is 0 Å². The number of carbonyl (C=O) groups excluding carboxylic acids is 1. The Labute approximate surface area is 165 Å². The second kappa shape index (κ2) is 8.21. The fourth-order valence-electron chi connectivity index (χ4n) is 2.24. The van der Waals surface area contributed by atoms with E-state index in [0.717, 1.165) is 19.1 Å². The Hall–Kier alpha value is -3.93. The summed E-state index contributed by atoms with van der Waals surface area (Å²) >= 11 is 0. The van der Waals surface area contributed by atoms with E-state index >= 15 is 0 Å². The van der Waals surface area contributed by atoms with Gasteiger partial charge < -0.3 is 0 Å². The minimum absolute atomic E-state index is 0.320. The van der Waals surface area contributed by atoms with Gasteiger partial charge in [-0.15, -0.1) is 5.11 Å². The molecule has 0 atom stereocenters. The van der Waals surface area contributed by atoms with E-state index in [-0.39, 0.29) is 11.1 Å². The minimum atomic E-state index is -4.79. The molecular weight excluding hydrogens is 416 g/mol. The molecule has 0 saturated heterocycles. The molecule has 0 bridgehead atoms. The molecule has 12 heteroatoms. The summed E-state index contributed by atoms with van der Waals surface area (Å²) in [7, 11) is 0. The standard InChI is InChI=1S/C18H9F6N5O/c1-10(30)29(16-7-14(18(22,23)24)5-3-12(16)9-26)28-27-15-6-13(17(19,20)21)4-2-11(15)8-25/h2-7H,1H3/b28-27+. The van der Waals surface area contributed by atoms with Crippen molar-refractivity contribution < 1.29 is 31.1 Å². The second-order valence-corrected chi connectivity index (χ2v) is 5.70. The number of halogens is 6. The smallest absolute Gasteiger partial charge is 0.273 e. The van der Waals surface area contributed by atoms with Crippen LogP contribution in [-0.2, 0) is 17.1 Å². The molecule has 2 aromatic rings. The minimum Gasteiger partial charge on any atom is -0.273 e. The molecule has 30 heavy (non-hydrogen) atoms. The number of alkyl halides is 6. The molecule has 0 fully saturated rings. The molecular formula is C18H9F6N5O. The van der Waals surface area contributed by atoms with Crippen LogP contribution in [0.2, 0.25) is 0 Å². The van der Waals surface area contributed by atoms with Gasteiger partial charge in [-0.25, -0.2) is 0 Å². The molecule has 0 aliphatic rings. The highest BCUT2D eigenvalue weighted by atomic mass is 19.4. The molecule has 0 N–H and O–H groups in total. The van der Waals surface area contributed by atoms with Gasteiger partial charge in [-0.05, 0) is 36.4 Å². The number of nitrogens with zero attached hydrogens (tertiary/aromatic N) is 5. The van der Waals surface area contributed by atoms with Crippen LogP contribution >= 0.6 is 0 Å². The van der Waals surface area contributed by atoms with E-state index in [9.17, 15) is 31.1 Å². The Bertz CT molecular complexity index is 1090. The zero-order chi connectivity index (χ0) is 22.7. The zero-order valence-corrected chi connectivity index (χ0v) is 14.9. The van der Waals surface area contributed by atoms with Gasteiger partial charge in [0.2, 0.25) is 5.91 Å². The molecule has 0 radical (unpaired) electrons. The number of benzene rings is 2. The van der Waals surface area contributed by atoms with Crippen LogP contribution in [0.25, 0.3) is 0 Å². The number of hydrogen-bond donors (Lipinski definition) is 0. The summed E-state index contributed by atoms with van der Waals surface area (Å²) in [6, 6.07) is 7.08. The van der Waals surface area contributed by atoms with Crippen LogP contribution in [0.4, 0.5) is 37.7 Å². The van der Waals surface area contributed by atoms with Gasteiger partial charge in [0.05, 0.1) is 27.9 Å². The van der Waals surface area contributed by atoms with Gasteiger partial charge in [-0.3, -0.25) is 4.79 Å². The third-order valence-corrected chi connectivity index (χ3v) is 3.66. The fraction of sp³-hybridized carbons (Fsp3) is 0.167. The molecule has 0 unspecified atom stereocenters. The van der Waals surface area contributed by atoms with E-state index in [0.29, 0.717) is 29.3 Å². The highest BCUT2D eigenvalue weighted by Gasteiger charge is 2.33. The van der Waals surface area contributed by atoms with Crippen LogP contribution in [0.15, 0.2) is 46.7 Å². The predicted octanol–water partition coefficient (Wildman–Crippen LogP) is 5.52. The monoisotopic (exact) mass is 425 g/mol. The van der Waals surface area contributed by atoms with Crippen LogP contribution in [-0.4, -0.2) is 5.91 Å². The maximum Gasteiger partial charge on any atom is 0.416 e. The predicted molar refractivity (Wildman–Crippen MR) is 90.0 cm³/mol. The Morgan fingerprint density at radius 1 is 0.900 bits per heavy atom.